The molecule has 0 aliphatic carbocycles. The van der Waals surface area contributed by atoms with Gasteiger partial charge in [0, 0.05) is 19.3 Å². The van der Waals surface area contributed by atoms with Crippen molar-refractivity contribution in [3.8, 4) is 0 Å². The lowest BCUT2D eigenvalue weighted by molar-refractivity contribution is 0.0531. The first-order valence-corrected chi connectivity index (χ1v) is 8.55. The molecule has 0 aromatic carbocycles. The fourth-order valence-corrected chi connectivity index (χ4v) is 3.58. The van der Waals surface area contributed by atoms with Gasteiger partial charge < -0.3 is 9.30 Å². The van der Waals surface area contributed by atoms with E-state index in [4.69, 9.17) is 4.74 Å². The van der Waals surface area contributed by atoms with Crippen LogP contribution in [0, 0.1) is 6.92 Å². The summed E-state index contributed by atoms with van der Waals surface area (Å²) in [5.41, 5.74) is 0.907. The van der Waals surface area contributed by atoms with Gasteiger partial charge in [0.1, 0.15) is 9.71 Å². The molecule has 0 radical (unpaired) electrons. The number of fused-ring (bicyclic) bond motifs is 1. The van der Waals surface area contributed by atoms with Crippen molar-refractivity contribution in [1.82, 2.24) is 14.1 Å². The van der Waals surface area contributed by atoms with E-state index >= 15 is 0 Å². The maximum absolute atomic E-state index is 12.8. The van der Waals surface area contributed by atoms with E-state index < -0.39 is 5.97 Å². The van der Waals surface area contributed by atoms with Gasteiger partial charge in [-0.1, -0.05) is 0 Å². The molecular formula is C17H17N3O4S. The van der Waals surface area contributed by atoms with Crippen LogP contribution in [0.25, 0.3) is 10.2 Å². The zero-order valence-corrected chi connectivity index (χ0v) is 14.9. The molecule has 0 saturated heterocycles. The van der Waals surface area contributed by atoms with E-state index in [2.05, 4.69) is 4.98 Å². The summed E-state index contributed by atoms with van der Waals surface area (Å²) in [7, 11) is 1.66. The number of rotatable bonds is 4. The fraction of sp³-hybridized carbons (Fsp3) is 0.294. The molecule has 0 N–H and O–H groups in total. The molecule has 0 aliphatic heterocycles. The number of nitrogens with zero attached hydrogens (tertiary/aromatic N) is 3. The van der Waals surface area contributed by atoms with Crippen molar-refractivity contribution in [1.29, 1.82) is 0 Å². The molecule has 3 heterocycles. The molecule has 0 bridgehead atoms. The molecule has 3 rings (SSSR count). The molecule has 0 spiro atoms. The van der Waals surface area contributed by atoms with Gasteiger partial charge in [-0.05, 0) is 31.0 Å². The van der Waals surface area contributed by atoms with Crippen LogP contribution in [0.1, 0.15) is 27.7 Å². The third kappa shape index (κ3) is 3.12. The zero-order chi connectivity index (χ0) is 18.1. The average Bonchev–Trinajstić information content (AvgIpc) is 2.91. The summed E-state index contributed by atoms with van der Waals surface area (Å²) in [4.78, 5) is 41.7. The molecule has 3 aromatic heterocycles. The molecule has 25 heavy (non-hydrogen) atoms. The van der Waals surface area contributed by atoms with Crippen LogP contribution in [0.3, 0.4) is 0 Å². The maximum atomic E-state index is 12.8. The summed E-state index contributed by atoms with van der Waals surface area (Å²) in [6.45, 7) is 3.96. The Morgan fingerprint density at radius 3 is 2.80 bits per heavy atom. The highest BCUT2D eigenvalue weighted by atomic mass is 32.1. The third-order valence-corrected chi connectivity index (χ3v) is 5.08. The van der Waals surface area contributed by atoms with Crippen LogP contribution in [-0.4, -0.2) is 26.7 Å². The van der Waals surface area contributed by atoms with Crippen molar-refractivity contribution in [3.63, 3.8) is 0 Å². The number of carbonyl (C=O) groups excluding carboxylic acids is 1. The average molecular weight is 359 g/mol. The number of aromatic nitrogens is 3. The van der Waals surface area contributed by atoms with Gasteiger partial charge in [-0.15, -0.1) is 11.3 Å². The van der Waals surface area contributed by atoms with E-state index in [9.17, 15) is 14.4 Å². The first-order chi connectivity index (χ1) is 11.9. The van der Waals surface area contributed by atoms with Gasteiger partial charge in [-0.3, -0.25) is 14.2 Å². The highest BCUT2D eigenvalue weighted by Gasteiger charge is 2.20. The van der Waals surface area contributed by atoms with Crippen molar-refractivity contribution < 1.29 is 9.53 Å². The number of hydrogen-bond acceptors (Lipinski definition) is 6. The molecule has 0 atom stereocenters. The van der Waals surface area contributed by atoms with Crippen LogP contribution >= 0.6 is 11.3 Å². The normalized spacial score (nSPS) is 11.0. The minimum atomic E-state index is -0.444. The predicted octanol–water partition coefficient (Wildman–Crippen LogP) is 1.69. The molecule has 7 nitrogen and oxygen atoms in total. The van der Waals surface area contributed by atoms with Crippen LogP contribution < -0.4 is 11.1 Å². The summed E-state index contributed by atoms with van der Waals surface area (Å²) < 4.78 is 7.92. The highest BCUT2D eigenvalue weighted by Crippen LogP contribution is 2.27. The number of carbonyl (C=O) groups is 1. The second kappa shape index (κ2) is 6.64. The van der Waals surface area contributed by atoms with Crippen LogP contribution in [0.4, 0.5) is 0 Å². The number of thiophene rings is 1. The molecule has 0 fully saturated rings. The van der Waals surface area contributed by atoms with Crippen LogP contribution in [0.15, 0.2) is 34.2 Å². The Balaban J connectivity index is 2.06. The highest BCUT2D eigenvalue weighted by molar-refractivity contribution is 7.20. The SMILES string of the molecule is CCOC(=O)c1sc2ncn(Cc3ccn(C)c(=O)c3)c(=O)c2c1C. The number of ether oxygens (including phenoxy) is 1. The summed E-state index contributed by atoms with van der Waals surface area (Å²) in [6.07, 6.45) is 3.09. The van der Waals surface area contributed by atoms with Gasteiger partial charge in [0.25, 0.3) is 11.1 Å². The van der Waals surface area contributed by atoms with Crippen LogP contribution in [0.5, 0.6) is 0 Å². The lowest BCUT2D eigenvalue weighted by Gasteiger charge is -2.06. The van der Waals surface area contributed by atoms with E-state index in [-0.39, 0.29) is 24.3 Å². The van der Waals surface area contributed by atoms with Gasteiger partial charge in [-0.2, -0.15) is 0 Å². The lowest BCUT2D eigenvalue weighted by Crippen LogP contribution is -2.23. The molecule has 3 aromatic rings. The number of pyridine rings is 1. The van der Waals surface area contributed by atoms with Gasteiger partial charge in [0.2, 0.25) is 0 Å². The standard InChI is InChI=1S/C17H17N3O4S/c1-4-24-17(23)14-10(2)13-15(25-14)18-9-20(16(13)22)8-11-5-6-19(3)12(21)7-11/h5-7,9H,4,8H2,1-3H3. The second-order valence-corrected chi connectivity index (χ2v) is 6.62. The Bertz CT molecular complexity index is 1080. The van der Waals surface area contributed by atoms with E-state index in [1.165, 1.54) is 21.5 Å². The summed E-state index contributed by atoms with van der Waals surface area (Å²) in [5, 5.41) is 0.416. The molecule has 0 saturated carbocycles. The minimum Gasteiger partial charge on any atom is -0.462 e. The number of aryl methyl sites for hydroxylation is 2. The van der Waals surface area contributed by atoms with E-state index in [1.807, 2.05) is 0 Å². The second-order valence-electron chi connectivity index (χ2n) is 5.62. The lowest BCUT2D eigenvalue weighted by atomic mass is 10.2. The van der Waals surface area contributed by atoms with Gasteiger partial charge in [-0.25, -0.2) is 9.78 Å². The Morgan fingerprint density at radius 1 is 1.36 bits per heavy atom. The molecular weight excluding hydrogens is 342 g/mol. The largest absolute Gasteiger partial charge is 0.462 e. The first-order valence-electron chi connectivity index (χ1n) is 7.73. The van der Waals surface area contributed by atoms with Crippen molar-refractivity contribution in [3.05, 3.63) is 61.4 Å². The molecule has 8 heteroatoms. The first kappa shape index (κ1) is 17.1. The van der Waals surface area contributed by atoms with Crippen molar-refractivity contribution in [2.24, 2.45) is 7.05 Å². The fourth-order valence-electron chi connectivity index (χ4n) is 2.55. The third-order valence-electron chi connectivity index (χ3n) is 3.90. The van der Waals surface area contributed by atoms with E-state index in [0.717, 1.165) is 11.3 Å². The molecule has 0 aliphatic rings. The quantitative estimate of drug-likeness (QED) is 0.662. The topological polar surface area (TPSA) is 83.2 Å². The Morgan fingerprint density at radius 2 is 2.12 bits per heavy atom. The maximum Gasteiger partial charge on any atom is 0.348 e. The smallest absolute Gasteiger partial charge is 0.348 e. The molecule has 0 unspecified atom stereocenters. The summed E-state index contributed by atoms with van der Waals surface area (Å²) in [6, 6.07) is 3.27. The minimum absolute atomic E-state index is 0.143. The summed E-state index contributed by atoms with van der Waals surface area (Å²) >= 11 is 1.15. The monoisotopic (exact) mass is 359 g/mol. The predicted molar refractivity (Wildman–Crippen MR) is 95.4 cm³/mol. The van der Waals surface area contributed by atoms with E-state index in [0.29, 0.717) is 26.2 Å². The molecule has 0 amide bonds. The molecule has 130 valence electrons. The summed E-state index contributed by atoms with van der Waals surface area (Å²) in [5.74, 6) is -0.444. The van der Waals surface area contributed by atoms with Crippen LogP contribution in [-0.2, 0) is 18.3 Å². The van der Waals surface area contributed by atoms with Crippen molar-refractivity contribution in [2.75, 3.05) is 6.61 Å². The number of esters is 1. The Kier molecular flexibility index (Phi) is 4.54. The number of hydrogen-bond donors (Lipinski definition) is 0. The van der Waals surface area contributed by atoms with Crippen molar-refractivity contribution in [2.45, 2.75) is 20.4 Å². The van der Waals surface area contributed by atoms with Crippen molar-refractivity contribution >= 4 is 27.5 Å². The Labute approximate surface area is 147 Å². The van der Waals surface area contributed by atoms with Crippen LogP contribution in [0.2, 0.25) is 0 Å². The van der Waals surface area contributed by atoms with Gasteiger partial charge in [0.05, 0.1) is 24.9 Å². The van der Waals surface area contributed by atoms with Gasteiger partial charge in [0.15, 0.2) is 0 Å². The Hall–Kier alpha value is -2.74. The van der Waals surface area contributed by atoms with Gasteiger partial charge >= 0.3 is 5.97 Å². The zero-order valence-electron chi connectivity index (χ0n) is 14.1. The van der Waals surface area contributed by atoms with E-state index in [1.54, 1.807) is 33.2 Å².